The van der Waals surface area contributed by atoms with E-state index in [0.717, 1.165) is 104 Å². The summed E-state index contributed by atoms with van der Waals surface area (Å²) < 4.78 is 11.5. The van der Waals surface area contributed by atoms with E-state index >= 15 is 0 Å². The van der Waals surface area contributed by atoms with Crippen LogP contribution in [0.15, 0.2) is 60.2 Å². The zero-order chi connectivity index (χ0) is 33.4. The van der Waals surface area contributed by atoms with Gasteiger partial charge in [-0.05, 0) is 110 Å². The zero-order valence-electron chi connectivity index (χ0n) is 27.7. The number of halogens is 3. The molecule has 3 atom stereocenters. The first-order valence-corrected chi connectivity index (χ1v) is 18.4. The van der Waals surface area contributed by atoms with E-state index in [2.05, 4.69) is 51.5 Å². The maximum atomic E-state index is 14.6. The Morgan fingerprint density at radius 1 is 0.958 bits per heavy atom. The molecule has 2 saturated heterocycles. The normalized spacial score (nSPS) is 22.0. The molecule has 2 bridgehead atoms. The molecule has 9 heteroatoms. The van der Waals surface area contributed by atoms with Crippen molar-refractivity contribution in [1.82, 2.24) is 10.2 Å². The smallest absolute Gasteiger partial charge is 0.252 e. The van der Waals surface area contributed by atoms with Crippen molar-refractivity contribution in [1.29, 1.82) is 0 Å². The molecule has 3 fully saturated rings. The maximum Gasteiger partial charge on any atom is 0.252 e. The number of fused-ring (bicyclic) bond motifs is 2. The number of carbonyl (C=O) groups is 1. The summed E-state index contributed by atoms with van der Waals surface area (Å²) >= 11 is 19.7. The lowest BCUT2D eigenvalue weighted by atomic mass is 9.88. The highest BCUT2D eigenvalue weighted by molar-refractivity contribution is 6.37. The van der Waals surface area contributed by atoms with Gasteiger partial charge in [-0.2, -0.15) is 0 Å². The van der Waals surface area contributed by atoms with Crippen molar-refractivity contribution < 1.29 is 14.3 Å². The van der Waals surface area contributed by atoms with Crippen LogP contribution in [-0.2, 0) is 22.5 Å². The predicted octanol–water partition coefficient (Wildman–Crippen LogP) is 8.66. The van der Waals surface area contributed by atoms with Crippen molar-refractivity contribution in [3.63, 3.8) is 0 Å². The number of benzene rings is 3. The van der Waals surface area contributed by atoms with E-state index in [1.54, 1.807) is 7.11 Å². The second kappa shape index (κ2) is 14.6. The van der Waals surface area contributed by atoms with Gasteiger partial charge < -0.3 is 24.6 Å². The molecular formula is C39H44Cl3N3O3. The van der Waals surface area contributed by atoms with Crippen molar-refractivity contribution in [3.05, 3.63) is 97.5 Å². The number of aryl methyl sites for hydroxylation is 2. The van der Waals surface area contributed by atoms with Crippen molar-refractivity contribution in [2.24, 2.45) is 0 Å². The van der Waals surface area contributed by atoms with Gasteiger partial charge in [0.1, 0.15) is 6.10 Å². The molecule has 1 N–H and O–H groups in total. The molecule has 3 heterocycles. The van der Waals surface area contributed by atoms with E-state index in [9.17, 15) is 4.79 Å². The maximum absolute atomic E-state index is 14.6. The standard InChI is InChI=1S/C39H44Cl3N3O3/c1-24-18-34(41)38(35(42)19-24)48-31-15-16-44(23-31)29-9-6-26(7-10-29)32-21-28-8-14-36(43-28)37(32)39(46)45(30-11-12-30)22-27-20-25(4-3-17-47-2)5-13-33(27)40/h5-7,9-10,13,18-20,28,30-31,36,43H,3-4,8,11-12,14-17,21-23H2,1-2H3/t28-,31+,36+/m0/s1. The Kier molecular flexibility index (Phi) is 10.3. The molecule has 3 aromatic carbocycles. The summed E-state index contributed by atoms with van der Waals surface area (Å²) in [6, 6.07) is 19.5. The van der Waals surface area contributed by atoms with Gasteiger partial charge in [-0.25, -0.2) is 0 Å². The topological polar surface area (TPSA) is 54.0 Å². The number of carbonyl (C=O) groups excluding carboxylic acids is 1. The van der Waals surface area contributed by atoms with Gasteiger partial charge in [0.2, 0.25) is 0 Å². The zero-order valence-corrected chi connectivity index (χ0v) is 30.0. The van der Waals surface area contributed by atoms with E-state index in [1.807, 2.05) is 25.1 Å². The first kappa shape index (κ1) is 33.7. The molecule has 1 amide bonds. The minimum atomic E-state index is 0.00215. The Morgan fingerprint density at radius 3 is 2.46 bits per heavy atom. The van der Waals surface area contributed by atoms with Gasteiger partial charge in [-0.3, -0.25) is 4.79 Å². The molecule has 0 spiro atoms. The first-order valence-electron chi connectivity index (χ1n) is 17.3. The molecule has 0 unspecified atom stereocenters. The summed E-state index contributed by atoms with van der Waals surface area (Å²) in [5.74, 6) is 0.719. The van der Waals surface area contributed by atoms with Crippen LogP contribution in [0.25, 0.3) is 5.57 Å². The minimum absolute atomic E-state index is 0.00215. The van der Waals surface area contributed by atoms with Crippen molar-refractivity contribution in [2.45, 2.75) is 89.1 Å². The van der Waals surface area contributed by atoms with Gasteiger partial charge >= 0.3 is 0 Å². The summed E-state index contributed by atoms with van der Waals surface area (Å²) in [4.78, 5) is 19.1. The number of hydrogen-bond acceptors (Lipinski definition) is 5. The highest BCUT2D eigenvalue weighted by Gasteiger charge is 2.42. The number of rotatable bonds is 12. The first-order chi connectivity index (χ1) is 23.3. The third-order valence-corrected chi connectivity index (χ3v) is 11.2. The average Bonchev–Trinajstić information content (AvgIpc) is 3.69. The van der Waals surface area contributed by atoms with Crippen LogP contribution in [0.5, 0.6) is 5.75 Å². The fourth-order valence-electron chi connectivity index (χ4n) is 7.64. The SMILES string of the molecule is COCCCc1ccc(Cl)c(CN(C(=O)C2=C(c3ccc(N4CC[C@@H](Oc5c(Cl)cc(C)cc5Cl)C4)cc3)C[C@@H]3CC[C@H]2N3)C2CC2)c1. The largest absolute Gasteiger partial charge is 0.485 e. The number of nitrogens with zero attached hydrogens (tertiary/aromatic N) is 2. The second-order valence-electron chi connectivity index (χ2n) is 13.9. The van der Waals surface area contributed by atoms with Crippen LogP contribution >= 0.6 is 34.8 Å². The molecule has 1 saturated carbocycles. The quantitative estimate of drug-likeness (QED) is 0.191. The number of ether oxygens (including phenoxy) is 2. The summed E-state index contributed by atoms with van der Waals surface area (Å²) in [5.41, 5.74) is 7.68. The van der Waals surface area contributed by atoms with Gasteiger partial charge in [0.05, 0.1) is 16.6 Å². The Morgan fingerprint density at radius 2 is 1.73 bits per heavy atom. The molecule has 6 nitrogen and oxygen atoms in total. The monoisotopic (exact) mass is 707 g/mol. The van der Waals surface area contributed by atoms with Crippen molar-refractivity contribution in [2.75, 3.05) is 31.7 Å². The van der Waals surface area contributed by atoms with E-state index in [1.165, 1.54) is 11.1 Å². The third-order valence-electron chi connectivity index (χ3n) is 10.3. The van der Waals surface area contributed by atoms with Gasteiger partial charge in [0, 0.05) is 67.6 Å². The molecule has 1 aliphatic carbocycles. The number of amides is 1. The van der Waals surface area contributed by atoms with E-state index in [-0.39, 0.29) is 24.1 Å². The summed E-state index contributed by atoms with van der Waals surface area (Å²) in [6.45, 7) is 4.87. The Bertz CT molecular complexity index is 1670. The minimum Gasteiger partial charge on any atom is -0.485 e. The average molecular weight is 709 g/mol. The number of anilines is 1. The van der Waals surface area contributed by atoms with Crippen LogP contribution in [0.3, 0.4) is 0 Å². The number of hydrogen-bond donors (Lipinski definition) is 1. The molecule has 48 heavy (non-hydrogen) atoms. The highest BCUT2D eigenvalue weighted by atomic mass is 35.5. The lowest BCUT2D eigenvalue weighted by molar-refractivity contribution is -0.128. The fraction of sp³-hybridized carbons (Fsp3) is 0.462. The van der Waals surface area contributed by atoms with Gasteiger partial charge in [-0.1, -0.05) is 59.1 Å². The fourth-order valence-corrected chi connectivity index (χ4v) is 8.50. The Labute approximate surface area is 299 Å². The van der Waals surface area contributed by atoms with Crippen molar-refractivity contribution in [3.8, 4) is 5.75 Å². The van der Waals surface area contributed by atoms with Gasteiger partial charge in [0.25, 0.3) is 5.91 Å². The molecule has 3 aliphatic heterocycles. The van der Waals surface area contributed by atoms with E-state index in [4.69, 9.17) is 44.3 Å². The molecule has 0 aromatic heterocycles. The van der Waals surface area contributed by atoms with Gasteiger partial charge in [0.15, 0.2) is 5.75 Å². The van der Waals surface area contributed by atoms with E-state index < -0.39 is 0 Å². The molecule has 7 rings (SSSR count). The van der Waals surface area contributed by atoms with E-state index in [0.29, 0.717) is 28.4 Å². The molecule has 254 valence electrons. The summed E-state index contributed by atoms with van der Waals surface area (Å²) in [6.07, 6.45) is 7.79. The number of nitrogens with one attached hydrogen (secondary N) is 1. The van der Waals surface area contributed by atoms with Gasteiger partial charge in [-0.15, -0.1) is 0 Å². The number of methoxy groups -OCH3 is 1. The summed E-state index contributed by atoms with van der Waals surface area (Å²) in [5, 5.41) is 5.57. The van der Waals surface area contributed by atoms with Crippen LogP contribution in [0.2, 0.25) is 15.1 Å². The van der Waals surface area contributed by atoms with Crippen LogP contribution in [-0.4, -0.2) is 61.8 Å². The highest BCUT2D eigenvalue weighted by Crippen LogP contribution is 2.41. The second-order valence-corrected chi connectivity index (χ2v) is 15.1. The van der Waals surface area contributed by atoms with Crippen LogP contribution in [0.1, 0.15) is 67.2 Å². The molecular weight excluding hydrogens is 665 g/mol. The lowest BCUT2D eigenvalue weighted by Crippen LogP contribution is -2.44. The van der Waals surface area contributed by atoms with Crippen LogP contribution < -0.4 is 15.0 Å². The van der Waals surface area contributed by atoms with Crippen molar-refractivity contribution >= 4 is 52.0 Å². The molecule has 4 aliphatic rings. The Hall–Kier alpha value is -2.74. The predicted molar refractivity (Wildman–Crippen MR) is 196 cm³/mol. The van der Waals surface area contributed by atoms with Crippen LogP contribution in [0.4, 0.5) is 5.69 Å². The lowest BCUT2D eigenvalue weighted by Gasteiger charge is -2.32. The van der Waals surface area contributed by atoms with Crippen LogP contribution in [0, 0.1) is 6.92 Å². The third kappa shape index (κ3) is 7.39. The Balaban J connectivity index is 1.10. The summed E-state index contributed by atoms with van der Waals surface area (Å²) in [7, 11) is 1.73. The molecule has 0 radical (unpaired) electrons. The molecule has 3 aromatic rings.